The van der Waals surface area contributed by atoms with Gasteiger partial charge in [0.2, 0.25) is 5.91 Å². The van der Waals surface area contributed by atoms with Crippen molar-refractivity contribution in [1.29, 1.82) is 0 Å². The maximum absolute atomic E-state index is 11.7. The number of carbonyl (C=O) groups is 2. The number of anilines is 1. The third-order valence-corrected chi connectivity index (χ3v) is 2.66. The molecule has 0 saturated heterocycles. The molecule has 6 heteroatoms. The molecule has 0 bridgehead atoms. The zero-order chi connectivity index (χ0) is 15.1. The molecule has 106 valence electrons. The first-order valence-electron chi connectivity index (χ1n) is 6.20. The number of nitrogens with one attached hydrogen (secondary N) is 2. The van der Waals surface area contributed by atoms with Crippen molar-refractivity contribution in [3.63, 3.8) is 0 Å². The lowest BCUT2D eigenvalue weighted by atomic mass is 10.2. The largest absolute Gasteiger partial charge is 0.366 e. The highest BCUT2D eigenvalue weighted by molar-refractivity contribution is 6.00. The van der Waals surface area contributed by atoms with Gasteiger partial charge in [-0.05, 0) is 36.4 Å². The first-order chi connectivity index (χ1) is 10.2. The molecule has 0 saturated carbocycles. The van der Waals surface area contributed by atoms with Crippen molar-refractivity contribution in [2.75, 3.05) is 5.43 Å². The van der Waals surface area contributed by atoms with Crippen LogP contribution in [0.25, 0.3) is 0 Å². The summed E-state index contributed by atoms with van der Waals surface area (Å²) in [4.78, 5) is 22.6. The van der Waals surface area contributed by atoms with Crippen LogP contribution in [0, 0.1) is 0 Å². The second-order valence-corrected chi connectivity index (χ2v) is 4.15. The van der Waals surface area contributed by atoms with Gasteiger partial charge in [0.1, 0.15) is 6.34 Å². The molecule has 4 N–H and O–H groups in total. The van der Waals surface area contributed by atoms with Crippen molar-refractivity contribution in [3.8, 4) is 0 Å². The molecule has 0 spiro atoms. The SMILES string of the molecule is NC(=O)c1ccc(NN=CNC(=O)c2ccccc2)cc1. The molecule has 0 atom stereocenters. The molecular formula is C15H14N4O2. The van der Waals surface area contributed by atoms with Crippen LogP contribution < -0.4 is 16.5 Å². The minimum Gasteiger partial charge on any atom is -0.366 e. The van der Waals surface area contributed by atoms with E-state index in [2.05, 4.69) is 15.8 Å². The standard InChI is InChI=1S/C15H14N4O2/c16-14(20)11-6-8-13(9-7-11)19-18-10-17-15(21)12-4-2-1-3-5-12/h1-10,19H,(H2,16,20)(H,17,18,21). The number of carbonyl (C=O) groups excluding carboxylic acids is 2. The number of rotatable bonds is 5. The predicted octanol–water partition coefficient (Wildman–Crippen LogP) is 1.57. The molecule has 2 amide bonds. The topological polar surface area (TPSA) is 96.6 Å². The van der Waals surface area contributed by atoms with Crippen LogP contribution in [0.4, 0.5) is 5.69 Å². The minimum absolute atomic E-state index is 0.245. The summed E-state index contributed by atoms with van der Waals surface area (Å²) in [7, 11) is 0. The van der Waals surface area contributed by atoms with Crippen molar-refractivity contribution in [1.82, 2.24) is 5.32 Å². The average molecular weight is 282 g/mol. The Labute approximate surface area is 121 Å². The van der Waals surface area contributed by atoms with Gasteiger partial charge in [0.05, 0.1) is 5.69 Å². The van der Waals surface area contributed by atoms with Crippen LogP contribution in [0.2, 0.25) is 0 Å². The Kier molecular flexibility index (Phi) is 4.66. The normalized spacial score (nSPS) is 10.3. The van der Waals surface area contributed by atoms with Gasteiger partial charge in [0.15, 0.2) is 0 Å². The van der Waals surface area contributed by atoms with Gasteiger partial charge in [-0.2, -0.15) is 5.10 Å². The Morgan fingerprint density at radius 2 is 1.62 bits per heavy atom. The molecule has 6 nitrogen and oxygen atoms in total. The van der Waals surface area contributed by atoms with Crippen LogP contribution in [0.1, 0.15) is 20.7 Å². The Morgan fingerprint density at radius 3 is 2.24 bits per heavy atom. The molecule has 0 aliphatic heterocycles. The molecule has 0 unspecified atom stereocenters. The fourth-order valence-corrected chi connectivity index (χ4v) is 1.58. The maximum atomic E-state index is 11.7. The third-order valence-electron chi connectivity index (χ3n) is 2.66. The Morgan fingerprint density at radius 1 is 0.952 bits per heavy atom. The van der Waals surface area contributed by atoms with Crippen LogP contribution in [0.5, 0.6) is 0 Å². The molecule has 0 aliphatic rings. The van der Waals surface area contributed by atoms with Gasteiger partial charge < -0.3 is 11.1 Å². The van der Waals surface area contributed by atoms with E-state index in [1.165, 1.54) is 6.34 Å². The van der Waals surface area contributed by atoms with E-state index in [0.717, 1.165) is 0 Å². The monoisotopic (exact) mass is 282 g/mol. The van der Waals surface area contributed by atoms with Crippen molar-refractivity contribution in [2.45, 2.75) is 0 Å². The van der Waals surface area contributed by atoms with E-state index in [0.29, 0.717) is 16.8 Å². The Balaban J connectivity index is 1.85. The minimum atomic E-state index is -0.486. The number of nitrogens with two attached hydrogens (primary N) is 1. The van der Waals surface area contributed by atoms with Crippen molar-refractivity contribution in [2.24, 2.45) is 10.8 Å². The molecule has 21 heavy (non-hydrogen) atoms. The summed E-state index contributed by atoms with van der Waals surface area (Å²) < 4.78 is 0. The van der Waals surface area contributed by atoms with Crippen LogP contribution in [0.15, 0.2) is 59.7 Å². The summed E-state index contributed by atoms with van der Waals surface area (Å²) in [5, 5.41) is 6.39. The first-order valence-corrected chi connectivity index (χ1v) is 6.20. The van der Waals surface area contributed by atoms with Crippen LogP contribution in [-0.4, -0.2) is 18.2 Å². The molecule has 0 radical (unpaired) electrons. The lowest BCUT2D eigenvalue weighted by Gasteiger charge is -2.02. The summed E-state index contributed by atoms with van der Waals surface area (Å²) in [6.45, 7) is 0. The van der Waals surface area contributed by atoms with Gasteiger partial charge in [-0.1, -0.05) is 18.2 Å². The second-order valence-electron chi connectivity index (χ2n) is 4.15. The lowest BCUT2D eigenvalue weighted by molar-refractivity contribution is 0.0975. The van der Waals surface area contributed by atoms with Gasteiger partial charge in [-0.25, -0.2) is 0 Å². The molecule has 2 aromatic rings. The fourth-order valence-electron chi connectivity index (χ4n) is 1.58. The molecule has 0 heterocycles. The number of hydrazone groups is 1. The van der Waals surface area contributed by atoms with E-state index < -0.39 is 5.91 Å². The van der Waals surface area contributed by atoms with E-state index in [9.17, 15) is 9.59 Å². The van der Waals surface area contributed by atoms with E-state index in [-0.39, 0.29) is 5.91 Å². The van der Waals surface area contributed by atoms with Crippen LogP contribution in [0.3, 0.4) is 0 Å². The number of nitrogens with zero attached hydrogens (tertiary/aromatic N) is 1. The smallest absolute Gasteiger partial charge is 0.256 e. The van der Waals surface area contributed by atoms with Crippen molar-refractivity contribution < 1.29 is 9.59 Å². The molecule has 0 aromatic heterocycles. The first kappa shape index (κ1) is 14.3. The summed E-state index contributed by atoms with van der Waals surface area (Å²) in [6, 6.07) is 15.3. The summed E-state index contributed by atoms with van der Waals surface area (Å²) >= 11 is 0. The molecule has 0 fully saturated rings. The Bertz CT molecular complexity index is 651. The predicted molar refractivity (Wildman–Crippen MR) is 81.0 cm³/mol. The van der Waals surface area contributed by atoms with E-state index in [1.807, 2.05) is 6.07 Å². The summed E-state index contributed by atoms with van der Waals surface area (Å²) in [5.74, 6) is -0.731. The van der Waals surface area contributed by atoms with Gasteiger partial charge in [-0.15, -0.1) is 0 Å². The number of primary amides is 1. The average Bonchev–Trinajstić information content (AvgIpc) is 2.52. The van der Waals surface area contributed by atoms with Gasteiger partial charge >= 0.3 is 0 Å². The van der Waals surface area contributed by atoms with Crippen LogP contribution >= 0.6 is 0 Å². The van der Waals surface area contributed by atoms with Gasteiger partial charge in [0.25, 0.3) is 5.91 Å². The summed E-state index contributed by atoms with van der Waals surface area (Å²) in [5.41, 5.74) is 9.50. The molecular weight excluding hydrogens is 268 g/mol. The highest BCUT2D eigenvalue weighted by atomic mass is 16.2. The quantitative estimate of drug-likeness (QED) is 0.441. The third kappa shape index (κ3) is 4.17. The highest BCUT2D eigenvalue weighted by Gasteiger charge is 2.01. The lowest BCUT2D eigenvalue weighted by Crippen LogP contribution is -2.21. The van der Waals surface area contributed by atoms with Crippen LogP contribution in [-0.2, 0) is 0 Å². The maximum Gasteiger partial charge on any atom is 0.256 e. The zero-order valence-electron chi connectivity index (χ0n) is 11.1. The fraction of sp³-hybridized carbons (Fsp3) is 0. The van der Waals surface area contributed by atoms with Gasteiger partial charge in [0, 0.05) is 11.1 Å². The Hall–Kier alpha value is -3.15. The molecule has 2 aromatic carbocycles. The molecule has 0 aliphatic carbocycles. The second kappa shape index (κ2) is 6.85. The van der Waals surface area contributed by atoms with Crippen molar-refractivity contribution in [3.05, 3.63) is 65.7 Å². The van der Waals surface area contributed by atoms with E-state index in [1.54, 1.807) is 48.5 Å². The van der Waals surface area contributed by atoms with Gasteiger partial charge in [-0.3, -0.25) is 15.0 Å². The highest BCUT2D eigenvalue weighted by Crippen LogP contribution is 2.08. The number of hydrogen-bond acceptors (Lipinski definition) is 4. The van der Waals surface area contributed by atoms with E-state index in [4.69, 9.17) is 5.73 Å². The number of benzene rings is 2. The van der Waals surface area contributed by atoms with Crippen molar-refractivity contribution >= 4 is 23.8 Å². The summed E-state index contributed by atoms with van der Waals surface area (Å²) in [6.07, 6.45) is 1.26. The number of hydrogen-bond donors (Lipinski definition) is 3. The number of amides is 2. The molecule has 2 rings (SSSR count). The van der Waals surface area contributed by atoms with E-state index >= 15 is 0 Å². The zero-order valence-corrected chi connectivity index (χ0v) is 11.1.